The number of phenols is 1. The number of fused-ring (bicyclic) bond motifs is 2. The molecule has 2 aliphatic carbocycles. The second kappa shape index (κ2) is 7.37. The van der Waals surface area contributed by atoms with Crippen LogP contribution < -0.4 is 0 Å². The average molecular weight is 558 g/mol. The maximum atomic E-state index is 10.9. The van der Waals surface area contributed by atoms with Crippen LogP contribution in [0.25, 0.3) is 0 Å². The Hall–Kier alpha value is -0.300. The van der Waals surface area contributed by atoms with Crippen LogP contribution >= 0.6 is 45.2 Å². The highest BCUT2D eigenvalue weighted by atomic mass is 127. The normalized spacial score (nSPS) is 16.4. The second-order valence-corrected chi connectivity index (χ2v) is 9.84. The topological polar surface area (TPSA) is 20.2 Å². The van der Waals surface area contributed by atoms with Crippen molar-refractivity contribution in [2.24, 2.45) is 0 Å². The van der Waals surface area contributed by atoms with E-state index in [4.69, 9.17) is 0 Å². The number of hydrogen-bond donors (Lipinski definition) is 1. The number of rotatable bonds is 2. The van der Waals surface area contributed by atoms with Crippen LogP contribution in [0.1, 0.15) is 64.6 Å². The van der Waals surface area contributed by atoms with E-state index >= 15 is 0 Å². The summed E-state index contributed by atoms with van der Waals surface area (Å²) in [4.78, 5) is 0. The van der Waals surface area contributed by atoms with Gasteiger partial charge in [-0.15, -0.1) is 0 Å². The molecular formula is C22H24I2O. The Bertz CT molecular complexity index is 769. The Morgan fingerprint density at radius 1 is 0.800 bits per heavy atom. The SMILES string of the molecule is Cc1c(I)cc2c(c1Cc1c(O)c(I)cc3c1CCCC3)CCCC2. The summed E-state index contributed by atoms with van der Waals surface area (Å²) in [5, 5.41) is 10.9. The molecule has 2 aliphatic rings. The van der Waals surface area contributed by atoms with Crippen molar-refractivity contribution in [1.29, 1.82) is 0 Å². The second-order valence-electron chi connectivity index (χ2n) is 7.51. The molecule has 0 saturated heterocycles. The van der Waals surface area contributed by atoms with E-state index in [1.54, 1.807) is 11.1 Å². The maximum absolute atomic E-state index is 10.9. The lowest BCUT2D eigenvalue weighted by Gasteiger charge is -2.26. The Kier molecular flexibility index (Phi) is 5.33. The maximum Gasteiger partial charge on any atom is 0.132 e. The average Bonchev–Trinajstić information content (AvgIpc) is 2.62. The van der Waals surface area contributed by atoms with E-state index in [-0.39, 0.29) is 0 Å². The van der Waals surface area contributed by atoms with Gasteiger partial charge in [0.05, 0.1) is 3.57 Å². The number of aromatic hydroxyl groups is 1. The highest BCUT2D eigenvalue weighted by Crippen LogP contribution is 2.38. The van der Waals surface area contributed by atoms with Gasteiger partial charge in [-0.2, -0.15) is 0 Å². The third-order valence-corrected chi connectivity index (χ3v) is 7.97. The zero-order chi connectivity index (χ0) is 17.6. The predicted octanol–water partition coefficient (Wildman–Crippen LogP) is 6.26. The minimum absolute atomic E-state index is 0.532. The van der Waals surface area contributed by atoms with Crippen LogP contribution in [0.4, 0.5) is 0 Å². The lowest BCUT2D eigenvalue weighted by atomic mass is 9.81. The summed E-state index contributed by atoms with van der Waals surface area (Å²) in [5.74, 6) is 0.532. The van der Waals surface area contributed by atoms with Crippen LogP contribution in [0.5, 0.6) is 5.75 Å². The molecule has 0 atom stereocenters. The van der Waals surface area contributed by atoms with Gasteiger partial charge in [0.1, 0.15) is 5.75 Å². The van der Waals surface area contributed by atoms with Gasteiger partial charge in [-0.1, -0.05) is 0 Å². The van der Waals surface area contributed by atoms with E-state index in [1.165, 1.54) is 76.3 Å². The number of hydrogen-bond acceptors (Lipinski definition) is 1. The van der Waals surface area contributed by atoms with Crippen molar-refractivity contribution >= 4 is 45.2 Å². The molecule has 1 N–H and O–H groups in total. The molecular weight excluding hydrogens is 534 g/mol. The van der Waals surface area contributed by atoms with Crippen molar-refractivity contribution < 1.29 is 5.11 Å². The number of halogens is 2. The Balaban J connectivity index is 1.87. The quantitative estimate of drug-likeness (QED) is 0.432. The van der Waals surface area contributed by atoms with E-state index in [2.05, 4.69) is 64.2 Å². The van der Waals surface area contributed by atoms with E-state index in [1.807, 2.05) is 0 Å². The predicted molar refractivity (Wildman–Crippen MR) is 121 cm³/mol. The summed E-state index contributed by atoms with van der Waals surface area (Å²) in [6, 6.07) is 4.61. The van der Waals surface area contributed by atoms with Crippen LogP contribution in [-0.4, -0.2) is 5.11 Å². The van der Waals surface area contributed by atoms with Crippen molar-refractivity contribution in [3.05, 3.63) is 58.2 Å². The first-order chi connectivity index (χ1) is 12.1. The standard InChI is InChI=1S/C22H24I2O/c1-13-18(16-8-4-2-6-14(16)10-20(13)23)12-19-17-9-5-3-7-15(17)11-21(24)22(19)25/h10-11,25H,2-9,12H2,1H3. The van der Waals surface area contributed by atoms with Gasteiger partial charge in [-0.25, -0.2) is 0 Å². The van der Waals surface area contributed by atoms with Crippen molar-refractivity contribution in [2.45, 2.75) is 64.7 Å². The van der Waals surface area contributed by atoms with Crippen molar-refractivity contribution in [3.8, 4) is 5.75 Å². The zero-order valence-electron chi connectivity index (χ0n) is 14.7. The molecule has 2 aromatic rings. The van der Waals surface area contributed by atoms with Crippen molar-refractivity contribution in [3.63, 3.8) is 0 Å². The number of benzene rings is 2. The third-order valence-electron chi connectivity index (χ3n) is 6.03. The molecule has 0 saturated carbocycles. The smallest absolute Gasteiger partial charge is 0.132 e. The van der Waals surface area contributed by atoms with Gasteiger partial charge in [0, 0.05) is 15.6 Å². The van der Waals surface area contributed by atoms with Gasteiger partial charge in [0.15, 0.2) is 0 Å². The fraction of sp³-hybridized carbons (Fsp3) is 0.455. The molecule has 0 aromatic heterocycles. The molecule has 132 valence electrons. The zero-order valence-corrected chi connectivity index (χ0v) is 19.0. The Morgan fingerprint density at radius 3 is 1.96 bits per heavy atom. The minimum Gasteiger partial charge on any atom is -0.507 e. The van der Waals surface area contributed by atoms with Crippen LogP contribution in [0.2, 0.25) is 0 Å². The first-order valence-corrected chi connectivity index (χ1v) is 11.5. The number of phenolic OH excluding ortho intramolecular Hbond substituents is 1. The monoisotopic (exact) mass is 558 g/mol. The summed E-state index contributed by atoms with van der Waals surface area (Å²) < 4.78 is 2.40. The summed E-state index contributed by atoms with van der Waals surface area (Å²) in [7, 11) is 0. The van der Waals surface area contributed by atoms with Crippen molar-refractivity contribution in [2.75, 3.05) is 0 Å². The van der Waals surface area contributed by atoms with Gasteiger partial charge in [0.2, 0.25) is 0 Å². The fourth-order valence-electron chi connectivity index (χ4n) is 4.61. The summed E-state index contributed by atoms with van der Waals surface area (Å²) in [6.07, 6.45) is 10.8. The van der Waals surface area contributed by atoms with Crippen molar-refractivity contribution in [1.82, 2.24) is 0 Å². The minimum atomic E-state index is 0.532. The lowest BCUT2D eigenvalue weighted by molar-refractivity contribution is 0.462. The van der Waals surface area contributed by atoms with E-state index in [0.29, 0.717) is 5.75 Å². The summed E-state index contributed by atoms with van der Waals surface area (Å²) >= 11 is 4.80. The molecule has 0 aliphatic heterocycles. The first kappa shape index (κ1) is 18.1. The molecule has 0 heterocycles. The molecule has 0 radical (unpaired) electrons. The molecule has 25 heavy (non-hydrogen) atoms. The van der Waals surface area contributed by atoms with E-state index < -0.39 is 0 Å². The molecule has 0 bridgehead atoms. The van der Waals surface area contributed by atoms with Gasteiger partial charge in [-0.3, -0.25) is 0 Å². The highest BCUT2D eigenvalue weighted by Gasteiger charge is 2.23. The largest absolute Gasteiger partial charge is 0.507 e. The highest BCUT2D eigenvalue weighted by molar-refractivity contribution is 14.1. The summed E-state index contributed by atoms with van der Waals surface area (Å²) in [6.45, 7) is 2.27. The van der Waals surface area contributed by atoms with Crippen LogP contribution in [0, 0.1) is 14.1 Å². The van der Waals surface area contributed by atoms with Gasteiger partial charge in [-0.05, 0) is 149 Å². The Labute approximate surface area is 177 Å². The molecule has 4 rings (SSSR count). The van der Waals surface area contributed by atoms with Crippen LogP contribution in [0.15, 0.2) is 12.1 Å². The molecule has 0 unspecified atom stereocenters. The first-order valence-electron chi connectivity index (χ1n) is 9.38. The molecule has 3 heteroatoms. The van der Waals surface area contributed by atoms with E-state index in [9.17, 15) is 5.11 Å². The van der Waals surface area contributed by atoms with Gasteiger partial charge < -0.3 is 5.11 Å². The molecule has 1 nitrogen and oxygen atoms in total. The van der Waals surface area contributed by atoms with E-state index in [0.717, 1.165) is 16.4 Å². The molecule has 0 fully saturated rings. The van der Waals surface area contributed by atoms with Gasteiger partial charge >= 0.3 is 0 Å². The molecule has 0 amide bonds. The number of aryl methyl sites for hydroxylation is 2. The van der Waals surface area contributed by atoms with Crippen LogP contribution in [-0.2, 0) is 32.1 Å². The molecule has 0 spiro atoms. The summed E-state index contributed by atoms with van der Waals surface area (Å²) in [5.41, 5.74) is 10.2. The molecule has 2 aromatic carbocycles. The Morgan fingerprint density at radius 2 is 1.32 bits per heavy atom. The van der Waals surface area contributed by atoms with Crippen LogP contribution in [0.3, 0.4) is 0 Å². The third kappa shape index (κ3) is 3.35. The lowest BCUT2D eigenvalue weighted by Crippen LogP contribution is -2.13. The van der Waals surface area contributed by atoms with Gasteiger partial charge in [0.25, 0.3) is 0 Å². The fourth-order valence-corrected chi connectivity index (χ4v) is 6.01.